The largest absolute Gasteiger partial charge is 0.495 e. The van der Waals surface area contributed by atoms with Crippen LogP contribution < -0.4 is 48.3 Å². The van der Waals surface area contributed by atoms with Gasteiger partial charge in [-0.05, 0) is 100 Å². The number of aromatic nitrogens is 7. The SMILES string of the molecule is COc1cnc2c(c1)C(=O)c1c-2n(CCCCCCN2CCOCC2)c(=O)c2cc([N+](=O)[O-])ccc12.COc1cnc2c(c1)C(=O)c1c-2n(CCCNC2=NCCS2)c(=O)c2cc([N+](=O)[O-])ccc12.NCCCCCn1c2c(c3ccccc3c1=O)C(=O)c1ccccc1-2.O=C1c2ccccc2-c2c1c1ccccc1c(=O)n2CCCCCCO.O=C1c2ccccc2-c2c1c1ccccc1c(=O)n2CCN1CCOCC1. The maximum absolute atomic E-state index is 13.6. The van der Waals surface area contributed by atoms with E-state index >= 15 is 0 Å². The van der Waals surface area contributed by atoms with E-state index in [1.807, 2.05) is 140 Å². The summed E-state index contributed by atoms with van der Waals surface area (Å²) in [7, 11) is 2.99. The summed E-state index contributed by atoms with van der Waals surface area (Å²) in [5.74, 6) is 1.31. The van der Waals surface area contributed by atoms with Crippen LogP contribution in [0.25, 0.3) is 110 Å². The lowest BCUT2D eigenvalue weighted by Crippen LogP contribution is -2.39. The van der Waals surface area contributed by atoms with Crippen LogP contribution in [-0.4, -0.2) is 204 Å². The topological polar surface area (TPSA) is 421 Å². The number of nitrogens with one attached hydrogen (secondary N) is 1. The number of pyridine rings is 7. The van der Waals surface area contributed by atoms with E-state index in [2.05, 4.69) is 30.1 Å². The van der Waals surface area contributed by atoms with Crippen LogP contribution in [0.2, 0.25) is 0 Å². The van der Waals surface area contributed by atoms with Crippen molar-refractivity contribution in [2.24, 2.45) is 10.7 Å². The number of aliphatic hydroxyl groups excluding tert-OH is 1. The Balaban J connectivity index is 0.000000117. The van der Waals surface area contributed by atoms with Gasteiger partial charge < -0.3 is 57.9 Å². The van der Waals surface area contributed by atoms with E-state index in [1.54, 1.807) is 48.2 Å². The highest BCUT2D eigenvalue weighted by molar-refractivity contribution is 8.14. The summed E-state index contributed by atoms with van der Waals surface area (Å²) in [4.78, 5) is 172. The molecular weight excluding hydrogens is 1890 g/mol. The summed E-state index contributed by atoms with van der Waals surface area (Å²) < 4.78 is 29.7. The average molecular weight is 2000 g/mol. The third kappa shape index (κ3) is 19.6. The first-order valence-electron chi connectivity index (χ1n) is 49.8. The van der Waals surface area contributed by atoms with E-state index < -0.39 is 15.4 Å². The van der Waals surface area contributed by atoms with Crippen LogP contribution in [0.5, 0.6) is 11.5 Å². The van der Waals surface area contributed by atoms with Crippen molar-refractivity contribution in [2.45, 2.75) is 110 Å². The number of nitrogens with two attached hydrogens (primary N) is 1. The number of rotatable bonds is 29. The first kappa shape index (κ1) is 100. The van der Waals surface area contributed by atoms with Crippen molar-refractivity contribution >= 4 is 111 Å². The van der Waals surface area contributed by atoms with Crippen LogP contribution in [-0.2, 0) is 42.2 Å². The van der Waals surface area contributed by atoms with Crippen LogP contribution in [0.3, 0.4) is 0 Å². The molecule has 0 spiro atoms. The van der Waals surface area contributed by atoms with E-state index in [1.165, 1.54) is 67.6 Å². The highest BCUT2D eigenvalue weighted by Gasteiger charge is 2.40. The number of amidine groups is 1. The number of nitrogens with zero attached hydrogens (tertiary/aromatic N) is 12. The second-order valence-electron chi connectivity index (χ2n) is 37.0. The Morgan fingerprint density at radius 2 is 0.694 bits per heavy atom. The number of hydrogen-bond acceptors (Lipinski definition) is 27. The molecule has 8 aliphatic rings. The summed E-state index contributed by atoms with van der Waals surface area (Å²) in [5, 5.41) is 40.9. The maximum atomic E-state index is 13.6. The van der Waals surface area contributed by atoms with Crippen molar-refractivity contribution in [3.8, 4) is 68.0 Å². The zero-order chi connectivity index (χ0) is 102. The van der Waals surface area contributed by atoms with Crippen molar-refractivity contribution in [2.75, 3.05) is 112 Å². The fourth-order valence-electron chi connectivity index (χ4n) is 21.1. The Morgan fingerprint density at radius 1 is 0.367 bits per heavy atom. The van der Waals surface area contributed by atoms with E-state index in [0.29, 0.717) is 169 Å². The minimum atomic E-state index is -0.552. The Labute approximate surface area is 846 Å². The van der Waals surface area contributed by atoms with Crippen molar-refractivity contribution in [1.29, 1.82) is 0 Å². The van der Waals surface area contributed by atoms with E-state index in [-0.39, 0.29) is 79.9 Å². The zero-order valence-electron chi connectivity index (χ0n) is 81.4. The number of methoxy groups -OCH3 is 2. The number of ether oxygens (including phenoxy) is 4. The molecule has 15 aromatic rings. The number of aliphatic hydroxyl groups is 1. The molecule has 0 saturated carbocycles. The number of ketones is 5. The molecule has 23 rings (SSSR count). The summed E-state index contributed by atoms with van der Waals surface area (Å²) in [6.45, 7) is 13.2. The summed E-state index contributed by atoms with van der Waals surface area (Å²) in [6, 6.07) is 56.2. The molecule has 8 aromatic carbocycles. The number of carbonyl (C=O) groups excluding carboxylic acids is 5. The molecule has 3 aliphatic heterocycles. The van der Waals surface area contributed by atoms with Gasteiger partial charge in [-0.25, -0.2) is 0 Å². The molecule has 0 amide bonds. The van der Waals surface area contributed by atoms with Crippen LogP contribution in [0.4, 0.5) is 11.4 Å². The van der Waals surface area contributed by atoms with E-state index in [9.17, 15) is 68.2 Å². The number of aliphatic imine (C=N–C) groups is 1. The quantitative estimate of drug-likeness (QED) is 0.0223. The normalized spacial score (nSPS) is 14.3. The van der Waals surface area contributed by atoms with Crippen LogP contribution in [0, 0.1) is 20.2 Å². The molecule has 750 valence electrons. The molecule has 0 bridgehead atoms. The number of nitro groups is 2. The van der Waals surface area contributed by atoms with E-state index in [4.69, 9.17) is 29.8 Å². The van der Waals surface area contributed by atoms with Gasteiger partial charge in [0.05, 0.1) is 159 Å². The summed E-state index contributed by atoms with van der Waals surface area (Å²) in [5.41, 5.74) is 16.5. The van der Waals surface area contributed by atoms with Gasteiger partial charge in [-0.15, -0.1) is 0 Å². The zero-order valence-corrected chi connectivity index (χ0v) is 82.2. The van der Waals surface area contributed by atoms with Gasteiger partial charge in [-0.3, -0.25) is 92.9 Å². The van der Waals surface area contributed by atoms with Crippen molar-refractivity contribution < 1.29 is 57.9 Å². The van der Waals surface area contributed by atoms with Gasteiger partial charge in [-0.2, -0.15) is 0 Å². The Kier molecular flexibility index (Phi) is 30.4. The number of carbonyl (C=O) groups is 5. The number of thioether (sulfide) groups is 1. The minimum absolute atomic E-state index is 0.000769. The third-order valence-corrected chi connectivity index (χ3v) is 29.2. The third-order valence-electron chi connectivity index (χ3n) is 28.3. The molecule has 4 N–H and O–H groups in total. The lowest BCUT2D eigenvalue weighted by Gasteiger charge is -2.27. The van der Waals surface area contributed by atoms with Crippen LogP contribution in [0.15, 0.2) is 235 Å². The molecule has 34 heteroatoms. The number of non-ortho nitro benzene ring substituents is 2. The second kappa shape index (κ2) is 44.6. The van der Waals surface area contributed by atoms with Gasteiger partial charge in [0.2, 0.25) is 0 Å². The molecule has 2 fully saturated rings. The smallest absolute Gasteiger partial charge is 0.270 e. The minimum Gasteiger partial charge on any atom is -0.495 e. The predicted molar refractivity (Wildman–Crippen MR) is 566 cm³/mol. The second-order valence-corrected chi connectivity index (χ2v) is 38.0. The number of hydrogen-bond donors (Lipinski definition) is 3. The van der Waals surface area contributed by atoms with Gasteiger partial charge in [-0.1, -0.05) is 171 Å². The van der Waals surface area contributed by atoms with Gasteiger partial charge in [0.25, 0.3) is 39.2 Å². The molecule has 0 radical (unpaired) electrons. The van der Waals surface area contributed by atoms with Crippen molar-refractivity contribution in [3.05, 3.63) is 334 Å². The molecular formula is C113H108N14O19S. The molecule has 0 unspecified atom stereocenters. The Hall–Kier alpha value is -15.6. The first-order chi connectivity index (χ1) is 71.7. The van der Waals surface area contributed by atoms with Crippen LogP contribution in [0.1, 0.15) is 157 Å². The number of benzene rings is 8. The molecule has 7 aromatic heterocycles. The first-order valence-corrected chi connectivity index (χ1v) is 50.8. The predicted octanol–water partition coefficient (Wildman–Crippen LogP) is 15.7. The van der Waals surface area contributed by atoms with E-state index in [0.717, 1.165) is 204 Å². The fourth-order valence-corrected chi connectivity index (χ4v) is 21.8. The van der Waals surface area contributed by atoms with Gasteiger partial charge in [0, 0.05) is 185 Å². The van der Waals surface area contributed by atoms with Crippen molar-refractivity contribution in [1.82, 2.24) is 47.9 Å². The number of unbranched alkanes of at least 4 members (excludes halogenated alkanes) is 8. The number of morpholine rings is 2. The molecule has 147 heavy (non-hydrogen) atoms. The standard InChI is InChI=1S/C26H28N4O6.C22H19N5O5S.C22H20N2O3.C22H21NO3.C21H20N2O2/c1-35-18-15-21-23(27-16-18)24-22(25(21)31)19-7-6-17(30(33)34)14-20(19)26(32)29(24)9-5-3-2-4-8-28-10-12-36-13-11-28;1-32-13-10-16-18(25-11-13)19-17(20(16)28)14-4-3-12(27(30)31)9-15(14)21(29)26(19)7-2-5-23-22-24-6-8-33-22;25-21-17-7-3-2-6-16(17)20-19(21)15-5-1-4-8-18(15)22(26)24(20)10-9-23-11-13-27-14-12-23;24-14-8-2-1-7-13-23-20-16-10-4-5-11-17(16)21(25)19(20)15-9-3-6-12-18(15)22(23)26;22-12-6-1-7-13-23-19-15-9-3-4-10-16(15)20(24)18(19)14-8-2-5-11-17(14)21(23)25/h6-7,14-16H,2-5,8-13H2,1H3;3-4,9-11H,2,5-8H2,1H3,(H,23,24);1-8H,9-14H2;3-6,9-12,24H,1-2,7-8,13-14H2;2-5,8-11H,1,6-7,12-13,22H2. The average Bonchev–Trinajstić information content (AvgIpc) is 1.59. The Bertz CT molecular complexity index is 8190. The Morgan fingerprint density at radius 3 is 1.07 bits per heavy atom. The molecule has 0 atom stereocenters. The number of nitro benzene ring substituents is 2. The number of fused-ring (bicyclic) bond motifs is 25. The van der Waals surface area contributed by atoms with Gasteiger partial charge in [0.1, 0.15) is 11.5 Å². The highest BCUT2D eigenvalue weighted by atomic mass is 32.2. The fraction of sp³-hybridized carbons (Fsp3) is 0.301. The molecule has 33 nitrogen and oxygen atoms in total. The highest BCUT2D eigenvalue weighted by Crippen LogP contribution is 2.46. The van der Waals surface area contributed by atoms with Crippen molar-refractivity contribution in [3.63, 3.8) is 0 Å². The molecule has 10 heterocycles. The molecule has 2 saturated heterocycles. The van der Waals surface area contributed by atoms with Gasteiger partial charge >= 0.3 is 0 Å². The monoisotopic (exact) mass is 2000 g/mol. The lowest BCUT2D eigenvalue weighted by atomic mass is 10.0. The summed E-state index contributed by atoms with van der Waals surface area (Å²) in [6.07, 6.45) is 13.7. The lowest BCUT2D eigenvalue weighted by molar-refractivity contribution is -0.384. The maximum Gasteiger partial charge on any atom is 0.270 e. The summed E-state index contributed by atoms with van der Waals surface area (Å²) >= 11 is 1.65. The van der Waals surface area contributed by atoms with Crippen LogP contribution >= 0.6 is 11.8 Å². The van der Waals surface area contributed by atoms with Gasteiger partial charge in [0.15, 0.2) is 34.1 Å². The molecule has 5 aliphatic carbocycles.